The van der Waals surface area contributed by atoms with Gasteiger partial charge in [-0.3, -0.25) is 14.4 Å². The number of carbonyl (C=O) groups is 2. The molecule has 0 saturated carbocycles. The van der Waals surface area contributed by atoms with E-state index in [1.165, 1.54) is 6.92 Å². The van der Waals surface area contributed by atoms with Gasteiger partial charge in [-0.1, -0.05) is 41.3 Å². The van der Waals surface area contributed by atoms with Crippen molar-refractivity contribution in [3.63, 3.8) is 0 Å². The Labute approximate surface area is 138 Å². The summed E-state index contributed by atoms with van der Waals surface area (Å²) in [6.07, 6.45) is 0. The Morgan fingerprint density at radius 1 is 1.35 bits per heavy atom. The molecule has 2 aliphatic heterocycles. The van der Waals surface area contributed by atoms with Gasteiger partial charge >= 0.3 is 16.8 Å². The molecule has 8 heteroatoms. The van der Waals surface area contributed by atoms with Crippen molar-refractivity contribution in [1.82, 2.24) is 4.98 Å². The average Bonchev–Trinajstić information content (AvgIpc) is 2.86. The standard InChI is InChI=1S/C15H11NO5S2/c1-15(13(18)19)9-8(10-11(23-15)16-14(20)22-10)6-4-2-3-5-7(6)21-12(9)17/h2-5,8-9H,1H3,(H,16,20)(H,18,19)/t8?,9?,15-/m0/s1. The van der Waals surface area contributed by atoms with Crippen LogP contribution in [0.15, 0.2) is 34.1 Å². The van der Waals surface area contributed by atoms with Gasteiger partial charge in [0.25, 0.3) is 0 Å². The minimum atomic E-state index is -1.41. The number of aliphatic carboxylic acids is 1. The number of rotatable bonds is 1. The van der Waals surface area contributed by atoms with Gasteiger partial charge in [0.1, 0.15) is 10.5 Å². The van der Waals surface area contributed by atoms with Crippen LogP contribution in [-0.2, 0) is 9.59 Å². The highest BCUT2D eigenvalue weighted by atomic mass is 32.2. The quantitative estimate of drug-likeness (QED) is 0.604. The minimum absolute atomic E-state index is 0.257. The van der Waals surface area contributed by atoms with Gasteiger partial charge in [-0.15, -0.1) is 0 Å². The van der Waals surface area contributed by atoms with E-state index in [4.69, 9.17) is 4.74 Å². The first-order valence-corrected chi connectivity index (χ1v) is 8.51. The molecule has 2 unspecified atom stereocenters. The molecule has 6 nitrogen and oxygen atoms in total. The lowest BCUT2D eigenvalue weighted by Crippen LogP contribution is -2.52. The number of ether oxygens (including phenoxy) is 1. The van der Waals surface area contributed by atoms with Gasteiger partial charge in [0.15, 0.2) is 0 Å². The number of thiazole rings is 1. The fourth-order valence-corrected chi connectivity index (χ4v) is 5.66. The molecule has 0 spiro atoms. The molecule has 3 heterocycles. The van der Waals surface area contributed by atoms with E-state index >= 15 is 0 Å². The largest absolute Gasteiger partial charge is 0.480 e. The summed E-state index contributed by atoms with van der Waals surface area (Å²) in [5, 5.41) is 10.2. The zero-order valence-corrected chi connectivity index (χ0v) is 13.5. The number of aromatic amines is 1. The van der Waals surface area contributed by atoms with Gasteiger partial charge < -0.3 is 14.8 Å². The molecule has 2 aromatic rings. The van der Waals surface area contributed by atoms with E-state index in [9.17, 15) is 19.5 Å². The number of fused-ring (bicyclic) bond motifs is 5. The molecule has 0 bridgehead atoms. The second kappa shape index (κ2) is 4.72. The lowest BCUT2D eigenvalue weighted by atomic mass is 9.75. The molecule has 4 rings (SSSR count). The van der Waals surface area contributed by atoms with Crippen LogP contribution in [0.5, 0.6) is 5.75 Å². The number of carboxylic acid groups (broad SMARTS) is 1. The predicted octanol–water partition coefficient (Wildman–Crippen LogP) is 2.05. The highest BCUT2D eigenvalue weighted by molar-refractivity contribution is 8.01. The van der Waals surface area contributed by atoms with E-state index in [-0.39, 0.29) is 4.87 Å². The van der Waals surface area contributed by atoms with Crippen LogP contribution in [0.3, 0.4) is 0 Å². The van der Waals surface area contributed by atoms with Gasteiger partial charge in [-0.2, -0.15) is 0 Å². The molecule has 2 N–H and O–H groups in total. The van der Waals surface area contributed by atoms with E-state index in [0.717, 1.165) is 28.7 Å². The monoisotopic (exact) mass is 349 g/mol. The van der Waals surface area contributed by atoms with Crippen LogP contribution in [0.25, 0.3) is 0 Å². The highest BCUT2D eigenvalue weighted by Gasteiger charge is 2.58. The molecule has 0 aliphatic carbocycles. The number of esters is 1. The number of benzene rings is 1. The summed E-state index contributed by atoms with van der Waals surface area (Å²) < 4.78 is 3.96. The lowest BCUT2D eigenvalue weighted by molar-refractivity contribution is -0.151. The normalized spacial score (nSPS) is 28.3. The number of para-hydroxylation sites is 1. The Bertz CT molecular complexity index is 901. The number of hydrogen-bond acceptors (Lipinski definition) is 6. The molecule has 23 heavy (non-hydrogen) atoms. The Morgan fingerprint density at radius 2 is 2.09 bits per heavy atom. The summed E-state index contributed by atoms with van der Waals surface area (Å²) in [5.74, 6) is -2.64. The van der Waals surface area contributed by atoms with Crippen molar-refractivity contribution < 1.29 is 19.4 Å². The van der Waals surface area contributed by atoms with Crippen molar-refractivity contribution in [3.8, 4) is 5.75 Å². The number of thioether (sulfide) groups is 1. The van der Waals surface area contributed by atoms with Crippen LogP contribution in [0.4, 0.5) is 0 Å². The second-order valence-corrected chi connectivity index (χ2v) is 8.11. The van der Waals surface area contributed by atoms with E-state index < -0.39 is 28.5 Å². The maximum atomic E-state index is 12.5. The summed E-state index contributed by atoms with van der Waals surface area (Å²) in [7, 11) is 0. The van der Waals surface area contributed by atoms with Crippen molar-refractivity contribution in [2.24, 2.45) is 5.92 Å². The number of carboxylic acids is 1. The second-order valence-electron chi connectivity index (χ2n) is 5.64. The van der Waals surface area contributed by atoms with Crippen molar-refractivity contribution >= 4 is 35.0 Å². The first-order valence-electron chi connectivity index (χ1n) is 6.88. The molecule has 3 atom stereocenters. The third-order valence-corrected chi connectivity index (χ3v) is 6.78. The topological polar surface area (TPSA) is 96.5 Å². The van der Waals surface area contributed by atoms with Crippen molar-refractivity contribution in [3.05, 3.63) is 44.4 Å². The van der Waals surface area contributed by atoms with E-state index in [0.29, 0.717) is 15.7 Å². The van der Waals surface area contributed by atoms with Crippen molar-refractivity contribution in [2.75, 3.05) is 0 Å². The zero-order chi connectivity index (χ0) is 16.4. The fourth-order valence-electron chi connectivity index (χ4n) is 3.21. The Balaban J connectivity index is 2.03. The molecule has 1 aromatic heterocycles. The molecule has 0 saturated heterocycles. The Kier molecular flexibility index (Phi) is 2.98. The fraction of sp³-hybridized carbons (Fsp3) is 0.267. The number of aromatic nitrogens is 1. The van der Waals surface area contributed by atoms with Gasteiger partial charge in [-0.25, -0.2) is 0 Å². The van der Waals surface area contributed by atoms with Gasteiger partial charge in [0, 0.05) is 16.4 Å². The van der Waals surface area contributed by atoms with Crippen LogP contribution in [0.2, 0.25) is 0 Å². The third kappa shape index (κ3) is 1.91. The smallest absolute Gasteiger partial charge is 0.320 e. The molecule has 0 fully saturated rings. The zero-order valence-electron chi connectivity index (χ0n) is 11.9. The van der Waals surface area contributed by atoms with Crippen LogP contribution < -0.4 is 9.61 Å². The van der Waals surface area contributed by atoms with Gasteiger partial charge in [0.2, 0.25) is 0 Å². The summed E-state index contributed by atoms with van der Waals surface area (Å²) in [5.41, 5.74) is 0.737. The maximum Gasteiger partial charge on any atom is 0.320 e. The summed E-state index contributed by atoms with van der Waals surface area (Å²) >= 11 is 2.03. The van der Waals surface area contributed by atoms with Crippen molar-refractivity contribution in [2.45, 2.75) is 22.6 Å². The number of carbonyl (C=O) groups excluding carboxylic acids is 1. The number of H-pyrrole nitrogens is 1. The molecule has 1 aromatic carbocycles. The van der Waals surface area contributed by atoms with Gasteiger partial charge in [0.05, 0.1) is 10.9 Å². The molecular formula is C15H11NO5S2. The first kappa shape index (κ1) is 14.5. The third-order valence-electron chi connectivity index (χ3n) is 4.31. The van der Waals surface area contributed by atoms with E-state index in [1.807, 2.05) is 12.1 Å². The summed E-state index contributed by atoms with van der Waals surface area (Å²) in [6, 6.07) is 7.05. The van der Waals surface area contributed by atoms with Gasteiger partial charge in [-0.05, 0) is 13.0 Å². The molecule has 0 radical (unpaired) electrons. The highest BCUT2D eigenvalue weighted by Crippen LogP contribution is 2.57. The Morgan fingerprint density at radius 3 is 2.83 bits per heavy atom. The molecule has 118 valence electrons. The van der Waals surface area contributed by atoms with Crippen LogP contribution in [0, 0.1) is 5.92 Å². The van der Waals surface area contributed by atoms with Crippen LogP contribution in [-0.4, -0.2) is 26.8 Å². The van der Waals surface area contributed by atoms with Crippen LogP contribution >= 0.6 is 23.1 Å². The minimum Gasteiger partial charge on any atom is -0.480 e. The SMILES string of the molecule is C[C@]1(C(=O)O)Sc2[nH]c(=O)sc2C2c3ccccc3OC(=O)C21. The molecule has 0 amide bonds. The predicted molar refractivity (Wildman–Crippen MR) is 84.2 cm³/mol. The lowest BCUT2D eigenvalue weighted by Gasteiger charge is -2.42. The van der Waals surface area contributed by atoms with Crippen molar-refractivity contribution in [1.29, 1.82) is 0 Å². The number of hydrogen-bond donors (Lipinski definition) is 2. The van der Waals surface area contributed by atoms with E-state index in [2.05, 4.69) is 4.98 Å². The summed E-state index contributed by atoms with van der Waals surface area (Å²) in [6.45, 7) is 1.51. The summed E-state index contributed by atoms with van der Waals surface area (Å²) in [4.78, 5) is 39.4. The molecule has 2 aliphatic rings. The van der Waals surface area contributed by atoms with Crippen LogP contribution in [0.1, 0.15) is 23.3 Å². The first-order chi connectivity index (χ1) is 10.9. The average molecular weight is 349 g/mol. The number of nitrogens with one attached hydrogen (secondary N) is 1. The molecular weight excluding hydrogens is 338 g/mol. The van der Waals surface area contributed by atoms with E-state index in [1.54, 1.807) is 12.1 Å². The maximum absolute atomic E-state index is 12.5. The Hall–Kier alpha value is -2.06.